The molecule has 0 unspecified atom stereocenters. The van der Waals surface area contributed by atoms with Crippen LogP contribution in [0.4, 0.5) is 13.2 Å². The molecule has 0 radical (unpaired) electrons. The lowest BCUT2D eigenvalue weighted by atomic mass is 10.3. The number of nitrogens with zero attached hydrogens (tertiary/aromatic N) is 4. The molecule has 0 bridgehead atoms. The summed E-state index contributed by atoms with van der Waals surface area (Å²) in [7, 11) is 1.64. The van der Waals surface area contributed by atoms with Gasteiger partial charge in [-0.15, -0.1) is 35.3 Å². The molecule has 0 aliphatic carbocycles. The molecule has 11 heteroatoms. The number of aliphatic imine (C=N–C) groups is 1. The van der Waals surface area contributed by atoms with E-state index in [0.717, 1.165) is 62.5 Å². The van der Waals surface area contributed by atoms with Crippen molar-refractivity contribution in [2.45, 2.75) is 19.6 Å². The first-order valence-electron chi connectivity index (χ1n) is 8.33. The van der Waals surface area contributed by atoms with Crippen LogP contribution in [-0.4, -0.2) is 73.6 Å². The predicted molar refractivity (Wildman–Crippen MR) is 109 cm³/mol. The lowest BCUT2D eigenvalue weighted by Gasteiger charge is -2.34. The molecule has 2 rings (SSSR count). The number of alkyl halides is 3. The molecule has 0 aromatic carbocycles. The van der Waals surface area contributed by atoms with Gasteiger partial charge < -0.3 is 15.5 Å². The molecule has 0 atom stereocenters. The number of halogens is 4. The van der Waals surface area contributed by atoms with Gasteiger partial charge in [-0.1, -0.05) is 6.92 Å². The molecule has 0 spiro atoms. The van der Waals surface area contributed by atoms with E-state index in [0.29, 0.717) is 11.0 Å². The van der Waals surface area contributed by atoms with Crippen LogP contribution in [-0.2, 0) is 12.7 Å². The Morgan fingerprint density at radius 3 is 2.42 bits per heavy atom. The van der Waals surface area contributed by atoms with Crippen LogP contribution < -0.4 is 10.6 Å². The number of hydrogen-bond acceptors (Lipinski definition) is 5. The molecular weight excluding hydrogens is 480 g/mol. The van der Waals surface area contributed by atoms with E-state index in [4.69, 9.17) is 0 Å². The molecule has 1 aromatic rings. The third-order valence-corrected chi connectivity index (χ3v) is 4.95. The number of guanidine groups is 1. The largest absolute Gasteiger partial charge is 0.434 e. The zero-order valence-corrected chi connectivity index (χ0v) is 18.1. The summed E-state index contributed by atoms with van der Waals surface area (Å²) < 4.78 is 37.6. The number of piperazine rings is 1. The maximum atomic E-state index is 12.5. The molecule has 2 heterocycles. The Balaban J connectivity index is 0.00000338. The Morgan fingerprint density at radius 2 is 1.88 bits per heavy atom. The van der Waals surface area contributed by atoms with Gasteiger partial charge in [0, 0.05) is 51.7 Å². The van der Waals surface area contributed by atoms with Crippen LogP contribution >= 0.6 is 35.3 Å². The van der Waals surface area contributed by atoms with Crippen LogP contribution in [0.3, 0.4) is 0 Å². The molecule has 150 valence electrons. The summed E-state index contributed by atoms with van der Waals surface area (Å²) in [6.07, 6.45) is -4.39. The fourth-order valence-corrected chi connectivity index (χ4v) is 3.30. The minimum Gasteiger partial charge on any atom is -0.355 e. The second-order valence-corrected chi connectivity index (χ2v) is 6.70. The maximum Gasteiger partial charge on any atom is 0.434 e. The zero-order valence-electron chi connectivity index (χ0n) is 15.0. The molecule has 1 aliphatic heterocycles. The van der Waals surface area contributed by atoms with Gasteiger partial charge in [-0.3, -0.25) is 9.89 Å². The van der Waals surface area contributed by atoms with Crippen LogP contribution in [0.25, 0.3) is 0 Å². The van der Waals surface area contributed by atoms with Crippen molar-refractivity contribution in [3.05, 3.63) is 16.1 Å². The van der Waals surface area contributed by atoms with Crippen molar-refractivity contribution < 1.29 is 13.2 Å². The minimum atomic E-state index is -4.39. The van der Waals surface area contributed by atoms with Gasteiger partial charge in [0.05, 0.1) is 6.54 Å². The summed E-state index contributed by atoms with van der Waals surface area (Å²) in [6, 6.07) is 0. The van der Waals surface area contributed by atoms with Crippen molar-refractivity contribution in [2.24, 2.45) is 4.99 Å². The Labute approximate surface area is 173 Å². The SMILES string of the molecule is CCN1CCN(CCNC(=NC)NCc2nc(C(F)(F)F)cs2)CC1.I. The van der Waals surface area contributed by atoms with Crippen LogP contribution in [0.2, 0.25) is 0 Å². The Kier molecular flexibility index (Phi) is 10.1. The lowest BCUT2D eigenvalue weighted by Crippen LogP contribution is -2.49. The maximum absolute atomic E-state index is 12.5. The first-order valence-corrected chi connectivity index (χ1v) is 9.21. The molecule has 1 aromatic heterocycles. The smallest absolute Gasteiger partial charge is 0.355 e. The fourth-order valence-electron chi connectivity index (χ4n) is 2.56. The zero-order chi connectivity index (χ0) is 18.3. The number of nitrogens with one attached hydrogen (secondary N) is 2. The lowest BCUT2D eigenvalue weighted by molar-refractivity contribution is -0.140. The average molecular weight is 506 g/mol. The van der Waals surface area contributed by atoms with Crippen LogP contribution in [0, 0.1) is 0 Å². The highest BCUT2D eigenvalue weighted by Crippen LogP contribution is 2.29. The number of rotatable bonds is 6. The van der Waals surface area contributed by atoms with Gasteiger partial charge in [-0.2, -0.15) is 13.2 Å². The highest BCUT2D eigenvalue weighted by atomic mass is 127. The molecule has 1 saturated heterocycles. The molecular formula is C15H26F3IN6S. The number of likely N-dealkylation sites (N-methyl/N-ethyl adjacent to an activating group) is 1. The summed E-state index contributed by atoms with van der Waals surface area (Å²) >= 11 is 0.988. The quantitative estimate of drug-likeness (QED) is 0.352. The fraction of sp³-hybridized carbons (Fsp3) is 0.733. The normalized spacial score (nSPS) is 17.0. The average Bonchev–Trinajstić information content (AvgIpc) is 3.08. The minimum absolute atomic E-state index is 0. The van der Waals surface area contributed by atoms with Gasteiger partial charge in [-0.05, 0) is 6.54 Å². The molecule has 2 N–H and O–H groups in total. The first kappa shape index (κ1) is 23.4. The van der Waals surface area contributed by atoms with Gasteiger partial charge in [0.15, 0.2) is 11.7 Å². The molecule has 26 heavy (non-hydrogen) atoms. The summed E-state index contributed by atoms with van der Waals surface area (Å²) in [5, 5.41) is 7.60. The summed E-state index contributed by atoms with van der Waals surface area (Å²) in [4.78, 5) is 12.5. The second-order valence-electron chi connectivity index (χ2n) is 5.75. The van der Waals surface area contributed by atoms with Crippen molar-refractivity contribution in [1.29, 1.82) is 0 Å². The molecule has 1 aliphatic rings. The van der Waals surface area contributed by atoms with Gasteiger partial charge in [0.1, 0.15) is 5.01 Å². The van der Waals surface area contributed by atoms with Gasteiger partial charge in [0.2, 0.25) is 0 Å². The van der Waals surface area contributed by atoms with Gasteiger partial charge in [0.25, 0.3) is 0 Å². The van der Waals surface area contributed by atoms with E-state index in [1.165, 1.54) is 0 Å². The van der Waals surface area contributed by atoms with Crippen molar-refractivity contribution in [3.63, 3.8) is 0 Å². The first-order chi connectivity index (χ1) is 11.9. The molecule has 6 nitrogen and oxygen atoms in total. The number of aromatic nitrogens is 1. The predicted octanol–water partition coefficient (Wildman–Crippen LogP) is 2.08. The van der Waals surface area contributed by atoms with E-state index in [1.807, 2.05) is 0 Å². The van der Waals surface area contributed by atoms with E-state index in [9.17, 15) is 13.2 Å². The third-order valence-electron chi connectivity index (χ3n) is 4.11. The summed E-state index contributed by atoms with van der Waals surface area (Å²) in [5.74, 6) is 0.566. The monoisotopic (exact) mass is 506 g/mol. The highest BCUT2D eigenvalue weighted by Gasteiger charge is 2.33. The van der Waals surface area contributed by atoms with Gasteiger partial charge >= 0.3 is 6.18 Å². The van der Waals surface area contributed by atoms with Gasteiger partial charge in [-0.25, -0.2) is 4.98 Å². The molecule has 0 saturated carbocycles. The highest BCUT2D eigenvalue weighted by molar-refractivity contribution is 14.0. The van der Waals surface area contributed by atoms with Crippen molar-refractivity contribution >= 4 is 41.3 Å². The standard InChI is InChI=1S/C15H25F3N6S.HI/c1-3-23-6-8-24(9-7-23)5-4-20-14(19-2)21-10-13-22-12(11-25-13)15(16,17)18;/h11H,3-10H2,1-2H3,(H2,19,20,21);1H. The Morgan fingerprint density at radius 1 is 1.23 bits per heavy atom. The number of hydrogen-bond donors (Lipinski definition) is 2. The molecule has 1 fully saturated rings. The van der Waals surface area contributed by atoms with E-state index < -0.39 is 11.9 Å². The van der Waals surface area contributed by atoms with Crippen LogP contribution in [0.15, 0.2) is 10.4 Å². The van der Waals surface area contributed by atoms with Crippen LogP contribution in [0.5, 0.6) is 0 Å². The van der Waals surface area contributed by atoms with E-state index in [2.05, 4.69) is 37.3 Å². The molecule has 0 amide bonds. The second kappa shape index (κ2) is 11.2. The van der Waals surface area contributed by atoms with Crippen LogP contribution in [0.1, 0.15) is 17.6 Å². The van der Waals surface area contributed by atoms with E-state index in [1.54, 1.807) is 7.05 Å². The van der Waals surface area contributed by atoms with Crippen molar-refractivity contribution in [2.75, 3.05) is 52.9 Å². The van der Waals surface area contributed by atoms with Crippen molar-refractivity contribution in [3.8, 4) is 0 Å². The van der Waals surface area contributed by atoms with E-state index >= 15 is 0 Å². The number of thiazole rings is 1. The Bertz CT molecular complexity index is 558. The van der Waals surface area contributed by atoms with E-state index in [-0.39, 0.29) is 30.5 Å². The Hall–Kier alpha value is -0.660. The third kappa shape index (κ3) is 7.53. The topological polar surface area (TPSA) is 55.8 Å². The summed E-state index contributed by atoms with van der Waals surface area (Å²) in [6.45, 7) is 9.43. The summed E-state index contributed by atoms with van der Waals surface area (Å²) in [5.41, 5.74) is -0.844. The van der Waals surface area contributed by atoms with Crippen molar-refractivity contribution in [1.82, 2.24) is 25.4 Å².